The van der Waals surface area contributed by atoms with Crippen LogP contribution >= 0.6 is 0 Å². The number of benzene rings is 5. The van der Waals surface area contributed by atoms with Crippen molar-refractivity contribution in [2.24, 2.45) is 0 Å². The molecule has 0 radical (unpaired) electrons. The fourth-order valence-electron chi connectivity index (χ4n) is 7.31. The lowest BCUT2D eigenvalue weighted by Gasteiger charge is -2.10. The van der Waals surface area contributed by atoms with Crippen molar-refractivity contribution >= 4 is 43.7 Å². The molecule has 0 fully saturated rings. The monoisotopic (exact) mass is 595 g/mol. The largest absolute Gasteiger partial charge is 0.456 e. The number of aromatic nitrogens is 5. The van der Waals surface area contributed by atoms with Crippen LogP contribution in [-0.4, -0.2) is 23.9 Å². The van der Waals surface area contributed by atoms with Gasteiger partial charge < -0.3 is 13.6 Å². The van der Waals surface area contributed by atoms with E-state index in [1.165, 1.54) is 32.9 Å². The Bertz CT molecular complexity index is 2600. The minimum absolute atomic E-state index is 0.873. The van der Waals surface area contributed by atoms with E-state index >= 15 is 0 Å². The third kappa shape index (κ3) is 3.83. The highest BCUT2D eigenvalue weighted by Crippen LogP contribution is 2.38. The van der Waals surface area contributed by atoms with Crippen molar-refractivity contribution in [3.63, 3.8) is 0 Å². The van der Waals surface area contributed by atoms with Crippen LogP contribution in [0.3, 0.4) is 0 Å². The zero-order valence-electron chi connectivity index (χ0n) is 25.1. The minimum Gasteiger partial charge on any atom is -0.456 e. The Morgan fingerprint density at radius 3 is 2.30 bits per heavy atom. The first-order valence-electron chi connectivity index (χ1n) is 15.9. The van der Waals surface area contributed by atoms with E-state index in [0.29, 0.717) is 0 Å². The van der Waals surface area contributed by atoms with Crippen LogP contribution in [0.15, 0.2) is 132 Å². The first-order valence-corrected chi connectivity index (χ1v) is 15.9. The highest BCUT2D eigenvalue weighted by Gasteiger charge is 2.20. The molecule has 0 aliphatic carbocycles. The highest BCUT2D eigenvalue weighted by molar-refractivity contribution is 6.11. The first kappa shape index (κ1) is 25.4. The van der Waals surface area contributed by atoms with Gasteiger partial charge in [0.1, 0.15) is 16.9 Å². The standard InChI is InChI=1S/C40H29N5O/c1-2-9-29(10-3-1)45-35-12-5-4-11-31(35)32-22-26(13-16-36(32)45)27-14-17-37-33(23-27)34-24-30(15-18-38(34)46-37)44-25-28-8-6-7-20-43-21-19-41-40(43)39(28)42-44/h1-5,9-19,21-25H,6-8,20H2. The van der Waals surface area contributed by atoms with Crippen LogP contribution < -0.4 is 0 Å². The van der Waals surface area contributed by atoms with Gasteiger partial charge in [0, 0.05) is 57.9 Å². The number of imidazole rings is 1. The number of hydrogen-bond acceptors (Lipinski definition) is 3. The molecular weight excluding hydrogens is 566 g/mol. The SMILES string of the molecule is c1ccc(-n2c3ccccc3c3cc(-c4ccc5oc6ccc(-n7cc8c(n7)-c7nccn7CCCC8)cc6c5c4)ccc32)cc1. The Morgan fingerprint density at radius 2 is 1.39 bits per heavy atom. The molecule has 4 aromatic heterocycles. The van der Waals surface area contributed by atoms with E-state index in [4.69, 9.17) is 9.52 Å². The van der Waals surface area contributed by atoms with Crippen molar-refractivity contribution in [1.29, 1.82) is 0 Å². The average molecular weight is 596 g/mol. The van der Waals surface area contributed by atoms with Crippen LogP contribution in [0, 0.1) is 0 Å². The zero-order valence-corrected chi connectivity index (χ0v) is 25.1. The number of para-hydroxylation sites is 2. The smallest absolute Gasteiger partial charge is 0.160 e. The molecule has 6 heteroatoms. The summed E-state index contributed by atoms with van der Waals surface area (Å²) in [5, 5.41) is 9.72. The van der Waals surface area contributed by atoms with E-state index < -0.39 is 0 Å². The molecule has 10 rings (SSSR count). The van der Waals surface area contributed by atoms with Gasteiger partial charge in [-0.3, -0.25) is 0 Å². The molecule has 0 spiro atoms. The summed E-state index contributed by atoms with van der Waals surface area (Å²) in [6.07, 6.45) is 9.41. The van der Waals surface area contributed by atoms with Gasteiger partial charge in [-0.2, -0.15) is 5.10 Å². The third-order valence-electron chi connectivity index (χ3n) is 9.55. The van der Waals surface area contributed by atoms with Crippen molar-refractivity contribution in [3.05, 3.63) is 133 Å². The van der Waals surface area contributed by atoms with E-state index in [9.17, 15) is 0 Å². The van der Waals surface area contributed by atoms with Gasteiger partial charge in [-0.05, 0) is 91.1 Å². The molecule has 0 atom stereocenters. The van der Waals surface area contributed by atoms with E-state index in [1.807, 2.05) is 10.9 Å². The molecule has 0 saturated carbocycles. The second-order valence-corrected chi connectivity index (χ2v) is 12.3. The summed E-state index contributed by atoms with van der Waals surface area (Å²) >= 11 is 0. The molecule has 0 saturated heterocycles. The van der Waals surface area contributed by atoms with Crippen molar-refractivity contribution < 1.29 is 4.42 Å². The molecule has 0 amide bonds. The second-order valence-electron chi connectivity index (χ2n) is 12.3. The normalized spacial score (nSPS) is 13.3. The van der Waals surface area contributed by atoms with Crippen molar-refractivity contribution in [1.82, 2.24) is 23.9 Å². The van der Waals surface area contributed by atoms with Crippen LogP contribution in [-0.2, 0) is 13.0 Å². The van der Waals surface area contributed by atoms with Gasteiger partial charge in [-0.1, -0.05) is 48.5 Å². The van der Waals surface area contributed by atoms with Crippen LogP contribution in [0.2, 0.25) is 0 Å². The molecule has 1 aliphatic heterocycles. The Labute approximate surface area is 264 Å². The number of nitrogens with zero attached hydrogens (tertiary/aromatic N) is 5. The fourth-order valence-corrected chi connectivity index (χ4v) is 7.31. The van der Waals surface area contributed by atoms with Gasteiger partial charge in [0.2, 0.25) is 0 Å². The maximum atomic E-state index is 6.32. The number of rotatable bonds is 3. The van der Waals surface area contributed by atoms with Gasteiger partial charge in [-0.15, -0.1) is 0 Å². The lowest BCUT2D eigenvalue weighted by molar-refractivity contribution is 0.604. The van der Waals surface area contributed by atoms with Gasteiger partial charge in [-0.25, -0.2) is 9.67 Å². The number of fused-ring (bicyclic) bond motifs is 9. The average Bonchev–Trinajstić information content (AvgIpc) is 3.88. The second kappa shape index (κ2) is 9.81. The van der Waals surface area contributed by atoms with Gasteiger partial charge in [0.05, 0.1) is 16.7 Å². The molecule has 0 unspecified atom stereocenters. The lowest BCUT2D eigenvalue weighted by Crippen LogP contribution is -2.05. The van der Waals surface area contributed by atoms with Crippen molar-refractivity contribution in [3.8, 4) is 34.0 Å². The topological polar surface area (TPSA) is 53.7 Å². The van der Waals surface area contributed by atoms with Gasteiger partial charge >= 0.3 is 0 Å². The summed E-state index contributed by atoms with van der Waals surface area (Å²) in [5.74, 6) is 0.955. The van der Waals surface area contributed by atoms with Crippen LogP contribution in [0.1, 0.15) is 18.4 Å². The fraction of sp³-hybridized carbons (Fsp3) is 0.100. The molecule has 1 aliphatic rings. The van der Waals surface area contributed by atoms with Crippen LogP contribution in [0.25, 0.3) is 77.8 Å². The summed E-state index contributed by atoms with van der Waals surface area (Å²) in [7, 11) is 0. The lowest BCUT2D eigenvalue weighted by atomic mass is 10.0. The predicted molar refractivity (Wildman–Crippen MR) is 185 cm³/mol. The molecule has 9 aromatic rings. The molecular formula is C40H29N5O. The third-order valence-corrected chi connectivity index (χ3v) is 9.55. The summed E-state index contributed by atoms with van der Waals surface area (Å²) < 4.78 is 12.9. The summed E-state index contributed by atoms with van der Waals surface area (Å²) in [6.45, 7) is 0.985. The number of furan rings is 1. The Balaban J connectivity index is 1.10. The molecule has 6 nitrogen and oxygen atoms in total. The molecule has 5 heterocycles. The summed E-state index contributed by atoms with van der Waals surface area (Å²) in [4.78, 5) is 4.65. The predicted octanol–water partition coefficient (Wildman–Crippen LogP) is 9.74. The van der Waals surface area contributed by atoms with E-state index in [-0.39, 0.29) is 0 Å². The quantitative estimate of drug-likeness (QED) is 0.204. The van der Waals surface area contributed by atoms with Crippen molar-refractivity contribution in [2.75, 3.05) is 0 Å². The minimum atomic E-state index is 0.873. The van der Waals surface area contributed by atoms with Crippen LogP contribution in [0.4, 0.5) is 0 Å². The molecule has 46 heavy (non-hydrogen) atoms. The van der Waals surface area contributed by atoms with E-state index in [2.05, 4.69) is 136 Å². The maximum absolute atomic E-state index is 6.32. The Hall–Kier alpha value is -5.88. The maximum Gasteiger partial charge on any atom is 0.160 e. The number of aryl methyl sites for hydroxylation is 2. The van der Waals surface area contributed by atoms with Crippen molar-refractivity contribution in [2.45, 2.75) is 25.8 Å². The Kier molecular flexibility index (Phi) is 5.43. The van der Waals surface area contributed by atoms with E-state index in [1.54, 1.807) is 0 Å². The van der Waals surface area contributed by atoms with Crippen LogP contribution in [0.5, 0.6) is 0 Å². The Morgan fingerprint density at radius 1 is 0.630 bits per heavy atom. The molecule has 5 aromatic carbocycles. The molecule has 0 N–H and O–H groups in total. The van der Waals surface area contributed by atoms with Gasteiger partial charge in [0.15, 0.2) is 5.82 Å². The zero-order chi connectivity index (χ0) is 30.2. The highest BCUT2D eigenvalue weighted by atomic mass is 16.3. The van der Waals surface area contributed by atoms with Gasteiger partial charge in [0.25, 0.3) is 0 Å². The number of hydrogen-bond donors (Lipinski definition) is 0. The van der Waals surface area contributed by atoms with E-state index in [0.717, 1.165) is 76.2 Å². The summed E-state index contributed by atoms with van der Waals surface area (Å²) in [5.41, 5.74) is 10.9. The first-order chi connectivity index (χ1) is 22.8. The summed E-state index contributed by atoms with van der Waals surface area (Å²) in [6, 6.07) is 39.0. The molecule has 0 bridgehead atoms. The molecule has 220 valence electrons.